The van der Waals surface area contributed by atoms with Crippen molar-refractivity contribution in [3.05, 3.63) is 0 Å². The van der Waals surface area contributed by atoms with Gasteiger partial charge in [0.2, 0.25) is 0 Å². The summed E-state index contributed by atoms with van der Waals surface area (Å²) >= 11 is 0. The van der Waals surface area contributed by atoms with E-state index in [1.807, 2.05) is 0 Å². The van der Waals surface area contributed by atoms with Crippen molar-refractivity contribution in [2.45, 2.75) is 84.2 Å². The van der Waals surface area contributed by atoms with Crippen LogP contribution in [-0.2, 0) is 0 Å². The fraction of sp³-hybridized carbons (Fsp3) is 1.00. The van der Waals surface area contributed by atoms with E-state index in [1.165, 1.54) is 71.0 Å². The molecular weight excluding hydrogens is 244 g/mol. The first kappa shape index (κ1) is 16.3. The maximum atomic E-state index is 3.74. The Morgan fingerprint density at radius 3 is 2.55 bits per heavy atom. The third kappa shape index (κ3) is 5.04. The second-order valence-electron chi connectivity index (χ2n) is 7.62. The predicted octanol–water partition coefficient (Wildman–Crippen LogP) is 4.06. The van der Waals surface area contributed by atoms with Gasteiger partial charge < -0.3 is 5.32 Å². The van der Waals surface area contributed by atoms with E-state index in [-0.39, 0.29) is 0 Å². The Morgan fingerprint density at radius 1 is 1.00 bits per heavy atom. The molecule has 1 N–H and O–H groups in total. The topological polar surface area (TPSA) is 15.3 Å². The molecule has 3 atom stereocenters. The fourth-order valence-corrected chi connectivity index (χ4v) is 4.15. The molecule has 3 unspecified atom stereocenters. The number of likely N-dealkylation sites (tertiary alicyclic amines) is 1. The lowest BCUT2D eigenvalue weighted by molar-refractivity contribution is 0.0613. The van der Waals surface area contributed by atoms with Crippen LogP contribution in [-0.4, -0.2) is 36.6 Å². The zero-order valence-electron chi connectivity index (χ0n) is 14.0. The summed E-state index contributed by atoms with van der Waals surface area (Å²) in [5, 5.41) is 3.74. The van der Waals surface area contributed by atoms with Gasteiger partial charge in [0.1, 0.15) is 0 Å². The molecule has 0 bridgehead atoms. The molecule has 2 fully saturated rings. The molecule has 0 amide bonds. The van der Waals surface area contributed by atoms with Crippen LogP contribution in [0.3, 0.4) is 0 Å². The van der Waals surface area contributed by atoms with Crippen LogP contribution in [0.2, 0.25) is 0 Å². The lowest BCUT2D eigenvalue weighted by atomic mass is 9.78. The van der Waals surface area contributed by atoms with Crippen LogP contribution in [0.5, 0.6) is 0 Å². The third-order valence-electron chi connectivity index (χ3n) is 5.43. The second-order valence-corrected chi connectivity index (χ2v) is 7.62. The van der Waals surface area contributed by atoms with Gasteiger partial charge in [-0.3, -0.25) is 4.90 Å². The molecule has 1 heterocycles. The highest BCUT2D eigenvalue weighted by Crippen LogP contribution is 2.34. The summed E-state index contributed by atoms with van der Waals surface area (Å²) in [7, 11) is 0. The zero-order chi connectivity index (χ0) is 14.4. The molecule has 2 heteroatoms. The van der Waals surface area contributed by atoms with Crippen molar-refractivity contribution >= 4 is 0 Å². The average molecular weight is 280 g/mol. The highest BCUT2D eigenvalue weighted by atomic mass is 15.2. The van der Waals surface area contributed by atoms with Gasteiger partial charge in [-0.2, -0.15) is 0 Å². The molecular formula is C18H36N2. The largest absolute Gasteiger partial charge is 0.313 e. The first-order valence-corrected chi connectivity index (χ1v) is 9.14. The number of hydrogen-bond donors (Lipinski definition) is 1. The van der Waals surface area contributed by atoms with Crippen LogP contribution >= 0.6 is 0 Å². The Bertz CT molecular complexity index is 262. The normalized spacial score (nSPS) is 29.4. The van der Waals surface area contributed by atoms with E-state index < -0.39 is 0 Å². The first-order chi connectivity index (χ1) is 9.66. The van der Waals surface area contributed by atoms with Gasteiger partial charge in [0, 0.05) is 25.2 Å². The van der Waals surface area contributed by atoms with Gasteiger partial charge >= 0.3 is 0 Å². The molecule has 0 aromatic carbocycles. The Labute approximate surface area is 126 Å². The summed E-state index contributed by atoms with van der Waals surface area (Å²) in [5.74, 6) is 1.86. The molecule has 2 nitrogen and oxygen atoms in total. The lowest BCUT2D eigenvalue weighted by Crippen LogP contribution is -2.49. The van der Waals surface area contributed by atoms with Gasteiger partial charge in [0.25, 0.3) is 0 Å². The van der Waals surface area contributed by atoms with Crippen molar-refractivity contribution in [1.29, 1.82) is 0 Å². The van der Waals surface area contributed by atoms with Crippen molar-refractivity contribution in [2.24, 2.45) is 11.8 Å². The predicted molar refractivity (Wildman–Crippen MR) is 88.1 cm³/mol. The average Bonchev–Trinajstić information content (AvgIpc) is 2.45. The Morgan fingerprint density at radius 2 is 1.75 bits per heavy atom. The minimum absolute atomic E-state index is 0.685. The van der Waals surface area contributed by atoms with Crippen LogP contribution in [0, 0.1) is 11.8 Å². The van der Waals surface area contributed by atoms with Crippen LogP contribution in [0.25, 0.3) is 0 Å². The highest BCUT2D eigenvalue weighted by molar-refractivity contribution is 4.87. The summed E-state index contributed by atoms with van der Waals surface area (Å²) in [6.45, 7) is 10.8. The van der Waals surface area contributed by atoms with Gasteiger partial charge in [-0.25, -0.2) is 0 Å². The van der Waals surface area contributed by atoms with Crippen LogP contribution in [0.1, 0.15) is 72.1 Å². The monoisotopic (exact) mass is 280 g/mol. The van der Waals surface area contributed by atoms with Crippen molar-refractivity contribution in [3.8, 4) is 0 Å². The van der Waals surface area contributed by atoms with Crippen molar-refractivity contribution < 1.29 is 0 Å². The molecule has 1 aliphatic heterocycles. The molecule has 0 spiro atoms. The molecule has 118 valence electrons. The number of rotatable bonds is 7. The van der Waals surface area contributed by atoms with E-state index in [9.17, 15) is 0 Å². The quantitative estimate of drug-likeness (QED) is 0.756. The van der Waals surface area contributed by atoms with Gasteiger partial charge in [0.15, 0.2) is 0 Å². The van der Waals surface area contributed by atoms with Crippen molar-refractivity contribution in [1.82, 2.24) is 10.2 Å². The number of piperidine rings is 1. The molecule has 0 aromatic heterocycles. The summed E-state index contributed by atoms with van der Waals surface area (Å²) in [6.07, 6.45) is 11.5. The van der Waals surface area contributed by atoms with Gasteiger partial charge in [0.05, 0.1) is 0 Å². The molecule has 1 saturated carbocycles. The fourth-order valence-electron chi connectivity index (χ4n) is 4.15. The van der Waals surface area contributed by atoms with Gasteiger partial charge in [-0.05, 0) is 63.8 Å². The van der Waals surface area contributed by atoms with E-state index in [4.69, 9.17) is 0 Å². The Hall–Kier alpha value is -0.0800. The van der Waals surface area contributed by atoms with E-state index in [1.54, 1.807) is 0 Å². The number of fused-ring (bicyclic) bond motifs is 1. The summed E-state index contributed by atoms with van der Waals surface area (Å²) in [6, 6.07) is 1.61. The van der Waals surface area contributed by atoms with Crippen molar-refractivity contribution in [2.75, 3.05) is 19.6 Å². The van der Waals surface area contributed by atoms with Crippen LogP contribution in [0.15, 0.2) is 0 Å². The van der Waals surface area contributed by atoms with E-state index >= 15 is 0 Å². The van der Waals surface area contributed by atoms with Gasteiger partial charge in [-0.15, -0.1) is 0 Å². The molecule has 20 heavy (non-hydrogen) atoms. The number of nitrogens with zero attached hydrogens (tertiary/aromatic N) is 1. The van der Waals surface area contributed by atoms with Crippen LogP contribution < -0.4 is 5.32 Å². The Kier molecular flexibility index (Phi) is 6.83. The number of hydrogen-bond acceptors (Lipinski definition) is 2. The molecule has 2 aliphatic rings. The van der Waals surface area contributed by atoms with E-state index in [0.29, 0.717) is 6.04 Å². The molecule has 1 saturated heterocycles. The summed E-state index contributed by atoms with van der Waals surface area (Å²) < 4.78 is 0. The molecule has 0 aromatic rings. The first-order valence-electron chi connectivity index (χ1n) is 9.14. The SMILES string of the molecule is CC(C)CCC(C)NCCN1CCCC2CCCCC21. The smallest absolute Gasteiger partial charge is 0.0124 e. The zero-order valence-corrected chi connectivity index (χ0v) is 14.0. The van der Waals surface area contributed by atoms with E-state index in [2.05, 4.69) is 31.0 Å². The minimum Gasteiger partial charge on any atom is -0.313 e. The maximum absolute atomic E-state index is 3.74. The minimum atomic E-state index is 0.685. The molecule has 0 radical (unpaired) electrons. The highest BCUT2D eigenvalue weighted by Gasteiger charge is 2.32. The molecule has 2 rings (SSSR count). The summed E-state index contributed by atoms with van der Waals surface area (Å²) in [4.78, 5) is 2.80. The van der Waals surface area contributed by atoms with E-state index in [0.717, 1.165) is 17.9 Å². The maximum Gasteiger partial charge on any atom is 0.0124 e. The second kappa shape index (κ2) is 8.38. The van der Waals surface area contributed by atoms with Crippen LogP contribution in [0.4, 0.5) is 0 Å². The van der Waals surface area contributed by atoms with Crippen molar-refractivity contribution in [3.63, 3.8) is 0 Å². The summed E-state index contributed by atoms with van der Waals surface area (Å²) in [5.41, 5.74) is 0. The Balaban J connectivity index is 1.65. The molecule has 1 aliphatic carbocycles. The standard InChI is InChI=1S/C18H36N2/c1-15(2)10-11-16(3)19-12-14-20-13-6-8-17-7-4-5-9-18(17)20/h15-19H,4-14H2,1-3H3. The number of nitrogens with one attached hydrogen (secondary N) is 1. The third-order valence-corrected chi connectivity index (χ3v) is 5.43. The van der Waals surface area contributed by atoms with Gasteiger partial charge in [-0.1, -0.05) is 26.7 Å². The lowest BCUT2D eigenvalue weighted by Gasteiger charge is -2.44.